The minimum atomic E-state index is -0.457. The Morgan fingerprint density at radius 3 is 2.92 bits per heavy atom. The van der Waals surface area contributed by atoms with Crippen molar-refractivity contribution in [3.05, 3.63) is 29.6 Å². The van der Waals surface area contributed by atoms with Crippen molar-refractivity contribution in [1.29, 1.82) is 0 Å². The van der Waals surface area contributed by atoms with E-state index in [1.54, 1.807) is 13.1 Å². The predicted molar refractivity (Wildman–Crippen MR) is 48.9 cm³/mol. The minimum Gasteiger partial charge on any atom is -0.387 e. The van der Waals surface area contributed by atoms with Crippen LogP contribution in [-0.4, -0.2) is 10.1 Å². The highest BCUT2D eigenvalue weighted by Crippen LogP contribution is 2.11. The largest absolute Gasteiger partial charge is 0.387 e. The zero-order chi connectivity index (χ0) is 8.97. The molecule has 1 atom stereocenters. The topological polar surface area (TPSA) is 33.1 Å². The Kier molecular flexibility index (Phi) is 3.23. The molecule has 12 heavy (non-hydrogen) atoms. The van der Waals surface area contributed by atoms with Crippen LogP contribution < -0.4 is 0 Å². The van der Waals surface area contributed by atoms with Crippen LogP contribution in [0, 0.1) is 0 Å². The number of aliphatic hydroxyl groups is 1. The molecule has 2 heteroatoms. The number of nitrogens with zero attached hydrogens (tertiary/aromatic N) is 1. The molecule has 0 spiro atoms. The molecule has 0 aliphatic carbocycles. The van der Waals surface area contributed by atoms with E-state index in [-0.39, 0.29) is 0 Å². The summed E-state index contributed by atoms with van der Waals surface area (Å²) >= 11 is 0. The smallest absolute Gasteiger partial charge is 0.0931 e. The first-order chi connectivity index (χ1) is 5.74. The summed E-state index contributed by atoms with van der Waals surface area (Å²) in [6, 6.07) is 3.96. The lowest BCUT2D eigenvalue weighted by Crippen LogP contribution is -1.96. The first kappa shape index (κ1) is 9.20. The minimum absolute atomic E-state index is 0.457. The van der Waals surface area contributed by atoms with E-state index in [2.05, 4.69) is 11.9 Å². The highest BCUT2D eigenvalue weighted by Gasteiger charge is 2.01. The lowest BCUT2D eigenvalue weighted by Gasteiger charge is -2.04. The van der Waals surface area contributed by atoms with E-state index in [9.17, 15) is 5.11 Å². The molecule has 1 aromatic heterocycles. The van der Waals surface area contributed by atoms with E-state index in [1.165, 1.54) is 5.56 Å². The summed E-state index contributed by atoms with van der Waals surface area (Å²) in [6.07, 6.45) is 3.49. The van der Waals surface area contributed by atoms with Gasteiger partial charge < -0.3 is 5.11 Å². The molecular weight excluding hydrogens is 150 g/mol. The van der Waals surface area contributed by atoms with Crippen molar-refractivity contribution >= 4 is 0 Å². The molecule has 66 valence electrons. The third kappa shape index (κ3) is 2.31. The first-order valence-electron chi connectivity index (χ1n) is 4.37. The maximum atomic E-state index is 9.25. The van der Waals surface area contributed by atoms with Crippen LogP contribution >= 0.6 is 0 Å². The van der Waals surface area contributed by atoms with Crippen molar-refractivity contribution in [3.63, 3.8) is 0 Å². The molecule has 2 nitrogen and oxygen atoms in total. The number of hydrogen-bond acceptors (Lipinski definition) is 2. The van der Waals surface area contributed by atoms with Gasteiger partial charge in [-0.25, -0.2) is 0 Å². The average Bonchev–Trinajstić information content (AvgIpc) is 2.05. The number of aliphatic hydroxyl groups excluding tert-OH is 1. The number of hydrogen-bond donors (Lipinski definition) is 1. The molecule has 0 saturated heterocycles. The second kappa shape index (κ2) is 4.21. The quantitative estimate of drug-likeness (QED) is 0.744. The van der Waals surface area contributed by atoms with Crippen LogP contribution in [0.4, 0.5) is 0 Å². The highest BCUT2D eigenvalue weighted by molar-refractivity contribution is 5.17. The van der Waals surface area contributed by atoms with Crippen LogP contribution in [0.2, 0.25) is 0 Å². The monoisotopic (exact) mass is 165 g/mol. The van der Waals surface area contributed by atoms with E-state index in [4.69, 9.17) is 0 Å². The molecule has 0 fully saturated rings. The maximum Gasteiger partial charge on any atom is 0.0931 e. The van der Waals surface area contributed by atoms with Gasteiger partial charge in [-0.15, -0.1) is 0 Å². The van der Waals surface area contributed by atoms with Gasteiger partial charge in [0.15, 0.2) is 0 Å². The number of aromatic nitrogens is 1. The molecule has 0 aliphatic heterocycles. The summed E-state index contributed by atoms with van der Waals surface area (Å²) in [6.45, 7) is 3.88. The second-order valence-electron chi connectivity index (χ2n) is 3.01. The van der Waals surface area contributed by atoms with Gasteiger partial charge in [0.2, 0.25) is 0 Å². The van der Waals surface area contributed by atoms with Gasteiger partial charge >= 0.3 is 0 Å². The van der Waals surface area contributed by atoms with Crippen LogP contribution in [0.3, 0.4) is 0 Å². The van der Waals surface area contributed by atoms with Crippen LogP contribution in [0.25, 0.3) is 0 Å². The van der Waals surface area contributed by atoms with Crippen LogP contribution in [0.1, 0.15) is 37.6 Å². The summed E-state index contributed by atoms with van der Waals surface area (Å²) in [7, 11) is 0. The summed E-state index contributed by atoms with van der Waals surface area (Å²) < 4.78 is 0. The Morgan fingerprint density at radius 2 is 2.33 bits per heavy atom. The molecule has 1 N–H and O–H groups in total. The van der Waals surface area contributed by atoms with Gasteiger partial charge in [-0.05, 0) is 31.0 Å². The Morgan fingerprint density at radius 1 is 1.58 bits per heavy atom. The fourth-order valence-electron chi connectivity index (χ4n) is 1.17. The molecule has 0 saturated carbocycles. The van der Waals surface area contributed by atoms with E-state index < -0.39 is 6.10 Å². The zero-order valence-corrected chi connectivity index (χ0v) is 7.62. The van der Waals surface area contributed by atoms with Crippen molar-refractivity contribution in [2.75, 3.05) is 0 Å². The molecule has 1 heterocycles. The maximum absolute atomic E-state index is 9.25. The van der Waals surface area contributed by atoms with Crippen molar-refractivity contribution < 1.29 is 5.11 Å². The summed E-state index contributed by atoms with van der Waals surface area (Å²) in [5, 5.41) is 9.25. The standard InChI is InChI=1S/C10H15NO/c1-3-4-9-5-6-11-10(7-9)8(2)12/h5-8,12H,3-4H2,1-2H3/t8-/m0/s1. The van der Waals surface area contributed by atoms with Gasteiger partial charge in [0.1, 0.15) is 0 Å². The molecule has 0 aliphatic rings. The van der Waals surface area contributed by atoms with E-state index in [0.717, 1.165) is 18.5 Å². The first-order valence-corrected chi connectivity index (χ1v) is 4.37. The summed E-state index contributed by atoms with van der Waals surface area (Å²) in [4.78, 5) is 4.07. The third-order valence-corrected chi connectivity index (χ3v) is 1.81. The van der Waals surface area contributed by atoms with Gasteiger partial charge in [-0.1, -0.05) is 13.3 Å². The molecule has 0 amide bonds. The van der Waals surface area contributed by atoms with Crippen molar-refractivity contribution in [2.24, 2.45) is 0 Å². The highest BCUT2D eigenvalue weighted by atomic mass is 16.3. The van der Waals surface area contributed by atoms with Gasteiger partial charge in [0, 0.05) is 6.20 Å². The van der Waals surface area contributed by atoms with E-state index >= 15 is 0 Å². The van der Waals surface area contributed by atoms with Gasteiger partial charge in [-0.3, -0.25) is 4.98 Å². The fraction of sp³-hybridized carbons (Fsp3) is 0.500. The summed E-state index contributed by atoms with van der Waals surface area (Å²) in [5.74, 6) is 0. The molecule has 0 unspecified atom stereocenters. The number of aryl methyl sites for hydroxylation is 1. The van der Waals surface area contributed by atoms with Gasteiger partial charge in [-0.2, -0.15) is 0 Å². The molecule has 1 aromatic rings. The number of pyridine rings is 1. The third-order valence-electron chi connectivity index (χ3n) is 1.81. The van der Waals surface area contributed by atoms with Crippen molar-refractivity contribution in [1.82, 2.24) is 4.98 Å². The predicted octanol–water partition coefficient (Wildman–Crippen LogP) is 2.09. The lowest BCUT2D eigenvalue weighted by molar-refractivity contribution is 0.194. The van der Waals surface area contributed by atoms with Crippen LogP contribution in [0.5, 0.6) is 0 Å². The fourth-order valence-corrected chi connectivity index (χ4v) is 1.17. The average molecular weight is 165 g/mol. The van der Waals surface area contributed by atoms with Gasteiger partial charge in [0.05, 0.1) is 11.8 Å². The van der Waals surface area contributed by atoms with Crippen LogP contribution in [-0.2, 0) is 6.42 Å². The van der Waals surface area contributed by atoms with Crippen molar-refractivity contribution in [2.45, 2.75) is 32.8 Å². The molecule has 0 radical (unpaired) electrons. The Balaban J connectivity index is 2.81. The lowest BCUT2D eigenvalue weighted by atomic mass is 10.1. The summed E-state index contributed by atoms with van der Waals surface area (Å²) in [5.41, 5.74) is 2.02. The SMILES string of the molecule is CCCc1ccnc([C@H](C)O)c1. The van der Waals surface area contributed by atoms with Crippen LogP contribution in [0.15, 0.2) is 18.3 Å². The Bertz CT molecular complexity index is 245. The zero-order valence-electron chi connectivity index (χ0n) is 7.62. The van der Waals surface area contributed by atoms with Crippen molar-refractivity contribution in [3.8, 4) is 0 Å². The Hall–Kier alpha value is -0.890. The van der Waals surface area contributed by atoms with E-state index in [0.29, 0.717) is 0 Å². The molecule has 0 aromatic carbocycles. The van der Waals surface area contributed by atoms with Gasteiger partial charge in [0.25, 0.3) is 0 Å². The molecule has 0 bridgehead atoms. The second-order valence-corrected chi connectivity index (χ2v) is 3.01. The Labute approximate surface area is 73.3 Å². The molecule has 1 rings (SSSR count). The van der Waals surface area contributed by atoms with E-state index in [1.807, 2.05) is 12.1 Å². The normalized spacial score (nSPS) is 12.9. The number of rotatable bonds is 3. The molecular formula is C10H15NO.